The van der Waals surface area contributed by atoms with E-state index in [0.29, 0.717) is 25.0 Å². The molecule has 0 aromatic heterocycles. The van der Waals surface area contributed by atoms with E-state index in [1.807, 2.05) is 4.90 Å². The molecule has 0 aromatic rings. The summed E-state index contributed by atoms with van der Waals surface area (Å²) in [5.41, 5.74) is 0. The summed E-state index contributed by atoms with van der Waals surface area (Å²) >= 11 is 0. The Kier molecular flexibility index (Phi) is 4.02. The Labute approximate surface area is 114 Å². The zero-order chi connectivity index (χ0) is 14.2. The Morgan fingerprint density at radius 2 is 1.84 bits per heavy atom. The second kappa shape index (κ2) is 5.39. The molecule has 0 radical (unpaired) electrons. The smallest absolute Gasteiger partial charge is 0.320 e. The first kappa shape index (κ1) is 14.2. The lowest BCUT2D eigenvalue weighted by molar-refractivity contribution is -0.144. The molecule has 2 fully saturated rings. The molecule has 1 N–H and O–H groups in total. The average Bonchev–Trinajstić information content (AvgIpc) is 2.75. The zero-order valence-electron chi connectivity index (χ0n) is 12.0. The lowest BCUT2D eigenvalue weighted by Gasteiger charge is -2.44. The molecule has 19 heavy (non-hydrogen) atoms. The molecular formula is C14H24N2O3. The minimum Gasteiger partial charge on any atom is -0.481 e. The van der Waals surface area contributed by atoms with E-state index in [2.05, 4.69) is 13.8 Å². The highest BCUT2D eigenvalue weighted by Crippen LogP contribution is 2.29. The van der Waals surface area contributed by atoms with Crippen LogP contribution in [0.25, 0.3) is 0 Å². The fraction of sp³-hybridized carbons (Fsp3) is 0.857. The van der Waals surface area contributed by atoms with Crippen LogP contribution in [0.2, 0.25) is 0 Å². The number of rotatable bonds is 3. The van der Waals surface area contributed by atoms with Gasteiger partial charge in [0.2, 0.25) is 0 Å². The van der Waals surface area contributed by atoms with Crippen LogP contribution >= 0.6 is 0 Å². The van der Waals surface area contributed by atoms with Crippen LogP contribution in [0.4, 0.5) is 4.79 Å². The van der Waals surface area contributed by atoms with Crippen LogP contribution in [0, 0.1) is 17.8 Å². The van der Waals surface area contributed by atoms with Gasteiger partial charge in [-0.05, 0) is 18.8 Å². The van der Waals surface area contributed by atoms with Crippen molar-refractivity contribution < 1.29 is 14.7 Å². The summed E-state index contributed by atoms with van der Waals surface area (Å²) in [4.78, 5) is 27.1. The van der Waals surface area contributed by atoms with Crippen molar-refractivity contribution in [1.29, 1.82) is 0 Å². The van der Waals surface area contributed by atoms with Crippen molar-refractivity contribution in [3.63, 3.8) is 0 Å². The van der Waals surface area contributed by atoms with Crippen molar-refractivity contribution in [3.05, 3.63) is 0 Å². The standard InChI is InChI=1S/C14H24N2O3/c1-9(2)12-5-4-6-16(12)14(19)15-7-11(8-15)10(3)13(17)18/h9-12H,4-8H2,1-3H3,(H,17,18). The summed E-state index contributed by atoms with van der Waals surface area (Å²) in [6.07, 6.45) is 2.17. The molecule has 2 amide bonds. The minimum atomic E-state index is -0.765. The van der Waals surface area contributed by atoms with Gasteiger partial charge in [0.15, 0.2) is 0 Å². The number of hydrogen-bond donors (Lipinski definition) is 1. The Morgan fingerprint density at radius 3 is 2.37 bits per heavy atom. The number of amides is 2. The molecule has 5 nitrogen and oxygen atoms in total. The van der Waals surface area contributed by atoms with Crippen LogP contribution < -0.4 is 0 Å². The fourth-order valence-electron chi connectivity index (χ4n) is 3.09. The summed E-state index contributed by atoms with van der Waals surface area (Å²) in [6.45, 7) is 8.06. The number of carbonyl (C=O) groups excluding carboxylic acids is 1. The van der Waals surface area contributed by atoms with Gasteiger partial charge >= 0.3 is 12.0 Å². The fourth-order valence-corrected chi connectivity index (χ4v) is 3.09. The van der Waals surface area contributed by atoms with Gasteiger partial charge in [-0.15, -0.1) is 0 Å². The lowest BCUT2D eigenvalue weighted by Crippen LogP contribution is -2.58. The molecule has 0 bridgehead atoms. The van der Waals surface area contributed by atoms with Gasteiger partial charge in [0, 0.05) is 31.6 Å². The van der Waals surface area contributed by atoms with Crippen LogP contribution in [-0.4, -0.2) is 52.6 Å². The number of hydrogen-bond acceptors (Lipinski definition) is 2. The molecule has 2 saturated heterocycles. The normalized spacial score (nSPS) is 25.6. The third-order valence-electron chi connectivity index (χ3n) is 4.59. The van der Waals surface area contributed by atoms with Gasteiger partial charge < -0.3 is 14.9 Å². The van der Waals surface area contributed by atoms with Crippen molar-refractivity contribution in [2.75, 3.05) is 19.6 Å². The molecule has 2 aliphatic rings. The molecule has 5 heteroatoms. The van der Waals surface area contributed by atoms with Crippen LogP contribution in [0.1, 0.15) is 33.6 Å². The molecule has 2 rings (SSSR count). The summed E-state index contributed by atoms with van der Waals surface area (Å²) in [5.74, 6) is -0.523. The third-order valence-corrected chi connectivity index (χ3v) is 4.59. The number of carboxylic acids is 1. The lowest BCUT2D eigenvalue weighted by atomic mass is 9.87. The third kappa shape index (κ3) is 2.69. The van der Waals surface area contributed by atoms with E-state index in [1.54, 1.807) is 11.8 Å². The van der Waals surface area contributed by atoms with E-state index in [0.717, 1.165) is 19.4 Å². The summed E-state index contributed by atoms with van der Waals surface area (Å²) < 4.78 is 0. The maximum atomic E-state index is 12.4. The van der Waals surface area contributed by atoms with Crippen LogP contribution in [0.3, 0.4) is 0 Å². The monoisotopic (exact) mass is 268 g/mol. The Bertz CT molecular complexity index is 364. The highest BCUT2D eigenvalue weighted by Gasteiger charge is 2.41. The second-order valence-corrected chi connectivity index (χ2v) is 6.22. The maximum absolute atomic E-state index is 12.4. The van der Waals surface area contributed by atoms with E-state index in [1.165, 1.54) is 0 Å². The highest BCUT2D eigenvalue weighted by atomic mass is 16.4. The topological polar surface area (TPSA) is 60.9 Å². The molecule has 0 saturated carbocycles. The predicted molar refractivity (Wildman–Crippen MR) is 71.8 cm³/mol. The summed E-state index contributed by atoms with van der Waals surface area (Å²) in [5, 5.41) is 8.95. The van der Waals surface area contributed by atoms with E-state index in [9.17, 15) is 9.59 Å². The van der Waals surface area contributed by atoms with Crippen molar-refractivity contribution in [1.82, 2.24) is 9.80 Å². The molecule has 0 spiro atoms. The Balaban J connectivity index is 1.88. The zero-order valence-corrected chi connectivity index (χ0v) is 12.0. The van der Waals surface area contributed by atoms with Crippen molar-refractivity contribution >= 4 is 12.0 Å². The molecule has 108 valence electrons. The number of aliphatic carboxylic acids is 1. The Morgan fingerprint density at radius 1 is 1.21 bits per heavy atom. The maximum Gasteiger partial charge on any atom is 0.320 e. The second-order valence-electron chi connectivity index (χ2n) is 6.22. The Hall–Kier alpha value is -1.26. The van der Waals surface area contributed by atoms with Gasteiger partial charge in [-0.3, -0.25) is 4.79 Å². The van der Waals surface area contributed by atoms with Crippen molar-refractivity contribution in [3.8, 4) is 0 Å². The van der Waals surface area contributed by atoms with Crippen molar-refractivity contribution in [2.24, 2.45) is 17.8 Å². The molecule has 2 unspecified atom stereocenters. The number of carboxylic acid groups (broad SMARTS) is 1. The first-order chi connectivity index (χ1) is 8.91. The van der Waals surface area contributed by atoms with Crippen molar-refractivity contribution in [2.45, 2.75) is 39.7 Å². The quantitative estimate of drug-likeness (QED) is 0.850. The summed E-state index contributed by atoms with van der Waals surface area (Å²) in [6, 6.07) is 0.452. The number of carbonyl (C=O) groups is 2. The summed E-state index contributed by atoms with van der Waals surface area (Å²) in [7, 11) is 0. The molecular weight excluding hydrogens is 244 g/mol. The molecule has 0 aromatic carbocycles. The van der Waals surface area contributed by atoms with E-state index < -0.39 is 5.97 Å². The number of likely N-dealkylation sites (tertiary alicyclic amines) is 2. The van der Waals surface area contributed by atoms with Gasteiger partial charge in [0.05, 0.1) is 5.92 Å². The van der Waals surface area contributed by atoms with Gasteiger partial charge in [-0.2, -0.15) is 0 Å². The molecule has 2 aliphatic heterocycles. The molecule has 2 atom stereocenters. The minimum absolute atomic E-state index is 0.102. The number of urea groups is 1. The van der Waals surface area contributed by atoms with Gasteiger partial charge in [0.1, 0.15) is 0 Å². The van der Waals surface area contributed by atoms with E-state index in [4.69, 9.17) is 5.11 Å². The van der Waals surface area contributed by atoms with E-state index >= 15 is 0 Å². The number of nitrogens with zero attached hydrogens (tertiary/aromatic N) is 2. The van der Waals surface area contributed by atoms with Gasteiger partial charge in [0.25, 0.3) is 0 Å². The van der Waals surface area contributed by atoms with Crippen LogP contribution in [0.5, 0.6) is 0 Å². The van der Waals surface area contributed by atoms with Crippen LogP contribution in [0.15, 0.2) is 0 Å². The molecule has 0 aliphatic carbocycles. The van der Waals surface area contributed by atoms with E-state index in [-0.39, 0.29) is 17.9 Å². The van der Waals surface area contributed by atoms with Gasteiger partial charge in [-0.1, -0.05) is 20.8 Å². The first-order valence-corrected chi connectivity index (χ1v) is 7.20. The van der Waals surface area contributed by atoms with Crippen LogP contribution in [-0.2, 0) is 4.79 Å². The predicted octanol–water partition coefficient (Wildman–Crippen LogP) is 1.88. The first-order valence-electron chi connectivity index (χ1n) is 7.20. The van der Waals surface area contributed by atoms with Gasteiger partial charge in [-0.25, -0.2) is 4.79 Å². The largest absolute Gasteiger partial charge is 0.481 e. The SMILES string of the molecule is CC(C)C1CCCN1C(=O)N1CC(C(C)C(=O)O)C1. The highest BCUT2D eigenvalue weighted by molar-refractivity contribution is 5.77. The average molecular weight is 268 g/mol. The molecule has 2 heterocycles.